The van der Waals surface area contributed by atoms with E-state index in [0.717, 1.165) is 34.6 Å². The van der Waals surface area contributed by atoms with E-state index < -0.39 is 6.10 Å². The van der Waals surface area contributed by atoms with Gasteiger partial charge in [0.05, 0.1) is 13.2 Å². The molecule has 2 rings (SSSR count). The van der Waals surface area contributed by atoms with Crippen molar-refractivity contribution in [2.75, 3.05) is 7.11 Å². The number of rotatable bonds is 8. The van der Waals surface area contributed by atoms with Crippen LogP contribution in [0.2, 0.25) is 0 Å². The molecule has 2 atom stereocenters. The molecule has 0 saturated heterocycles. The van der Waals surface area contributed by atoms with Crippen LogP contribution in [-0.2, 0) is 4.79 Å². The number of carbonyl (C=O) groups excluding carboxylic acids is 1. The number of ether oxygens (including phenoxy) is 2. The molecule has 0 aliphatic carbocycles. The molecule has 0 heterocycles. The lowest BCUT2D eigenvalue weighted by Crippen LogP contribution is -2.40. The fourth-order valence-corrected chi connectivity index (χ4v) is 2.98. The van der Waals surface area contributed by atoms with Crippen LogP contribution in [0.15, 0.2) is 42.5 Å². The SMILES string of the molecule is CCC(Oc1cccc(C)c1)C(=O)NC(CC)c1ccc(OC)c(C)c1. The molecule has 1 N–H and O–H groups in total. The van der Waals surface area contributed by atoms with Crippen molar-refractivity contribution in [2.45, 2.75) is 52.7 Å². The van der Waals surface area contributed by atoms with E-state index in [2.05, 4.69) is 18.3 Å². The second kappa shape index (κ2) is 9.27. The molecule has 2 unspecified atom stereocenters. The molecule has 0 spiro atoms. The summed E-state index contributed by atoms with van der Waals surface area (Å²) in [6.07, 6.45) is 0.904. The summed E-state index contributed by atoms with van der Waals surface area (Å²) in [6.45, 7) is 8.03. The zero-order chi connectivity index (χ0) is 19.1. The Morgan fingerprint density at radius 3 is 2.42 bits per heavy atom. The lowest BCUT2D eigenvalue weighted by molar-refractivity contribution is -0.128. The summed E-state index contributed by atoms with van der Waals surface area (Å²) in [6, 6.07) is 13.7. The van der Waals surface area contributed by atoms with Crippen LogP contribution in [0.4, 0.5) is 0 Å². The Balaban J connectivity index is 2.10. The number of carbonyl (C=O) groups is 1. The van der Waals surface area contributed by atoms with Crippen molar-refractivity contribution in [3.8, 4) is 11.5 Å². The summed E-state index contributed by atoms with van der Waals surface area (Å²) in [7, 11) is 1.66. The quantitative estimate of drug-likeness (QED) is 0.744. The van der Waals surface area contributed by atoms with Gasteiger partial charge < -0.3 is 14.8 Å². The number of hydrogen-bond donors (Lipinski definition) is 1. The first-order chi connectivity index (χ1) is 12.5. The zero-order valence-electron chi connectivity index (χ0n) is 16.3. The normalized spacial score (nSPS) is 13.0. The number of amides is 1. The van der Waals surface area contributed by atoms with Gasteiger partial charge in [-0.2, -0.15) is 0 Å². The minimum atomic E-state index is -0.509. The van der Waals surface area contributed by atoms with Crippen molar-refractivity contribution < 1.29 is 14.3 Å². The maximum absolute atomic E-state index is 12.8. The highest BCUT2D eigenvalue weighted by Gasteiger charge is 2.22. The van der Waals surface area contributed by atoms with Crippen molar-refractivity contribution in [2.24, 2.45) is 0 Å². The Morgan fingerprint density at radius 1 is 1.08 bits per heavy atom. The minimum Gasteiger partial charge on any atom is -0.496 e. The molecule has 0 bridgehead atoms. The summed E-state index contributed by atoms with van der Waals surface area (Å²) in [5, 5.41) is 3.13. The number of methoxy groups -OCH3 is 1. The fourth-order valence-electron chi connectivity index (χ4n) is 2.98. The monoisotopic (exact) mass is 355 g/mol. The topological polar surface area (TPSA) is 47.6 Å². The third-order valence-corrected chi connectivity index (χ3v) is 4.48. The van der Waals surface area contributed by atoms with Crippen molar-refractivity contribution in [1.82, 2.24) is 5.32 Å². The van der Waals surface area contributed by atoms with Crippen molar-refractivity contribution in [3.05, 3.63) is 59.2 Å². The third-order valence-electron chi connectivity index (χ3n) is 4.48. The predicted molar refractivity (Wildman–Crippen MR) is 105 cm³/mol. The summed E-state index contributed by atoms with van der Waals surface area (Å²) in [5.74, 6) is 1.49. The van der Waals surface area contributed by atoms with Crippen LogP contribution < -0.4 is 14.8 Å². The smallest absolute Gasteiger partial charge is 0.261 e. The minimum absolute atomic E-state index is 0.0535. The van der Waals surface area contributed by atoms with E-state index in [1.165, 1.54) is 0 Å². The standard InChI is InChI=1S/C22H29NO3/c1-6-19(17-11-12-21(25-5)16(4)14-17)23-22(24)20(7-2)26-18-10-8-9-15(3)13-18/h8-14,19-20H,6-7H2,1-5H3,(H,23,24). The van der Waals surface area contributed by atoms with E-state index in [4.69, 9.17) is 9.47 Å². The van der Waals surface area contributed by atoms with Crippen LogP contribution in [-0.4, -0.2) is 19.1 Å². The van der Waals surface area contributed by atoms with Gasteiger partial charge in [-0.1, -0.05) is 38.1 Å². The number of hydrogen-bond acceptors (Lipinski definition) is 3. The third kappa shape index (κ3) is 5.01. The van der Waals surface area contributed by atoms with E-state index in [0.29, 0.717) is 6.42 Å². The lowest BCUT2D eigenvalue weighted by atomic mass is 10.0. The summed E-state index contributed by atoms with van der Waals surface area (Å²) in [4.78, 5) is 12.8. The van der Waals surface area contributed by atoms with Crippen molar-refractivity contribution in [3.63, 3.8) is 0 Å². The maximum Gasteiger partial charge on any atom is 0.261 e. The zero-order valence-corrected chi connectivity index (χ0v) is 16.3. The Morgan fingerprint density at radius 2 is 1.85 bits per heavy atom. The molecular formula is C22H29NO3. The Hall–Kier alpha value is -2.49. The molecule has 0 saturated carbocycles. The van der Waals surface area contributed by atoms with Crippen LogP contribution in [0.5, 0.6) is 11.5 Å². The molecule has 0 aromatic heterocycles. The molecule has 0 aliphatic heterocycles. The highest BCUT2D eigenvalue weighted by molar-refractivity contribution is 5.81. The molecule has 2 aromatic rings. The van der Waals surface area contributed by atoms with Crippen LogP contribution >= 0.6 is 0 Å². The van der Waals surface area contributed by atoms with Crippen LogP contribution in [0.1, 0.15) is 49.4 Å². The molecule has 140 valence electrons. The molecule has 4 heteroatoms. The Labute approximate surface area is 156 Å². The van der Waals surface area contributed by atoms with Gasteiger partial charge >= 0.3 is 0 Å². The van der Waals surface area contributed by atoms with Crippen molar-refractivity contribution >= 4 is 5.91 Å². The van der Waals surface area contributed by atoms with Gasteiger partial charge in [0.2, 0.25) is 0 Å². The van der Waals surface area contributed by atoms with Crippen LogP contribution in [0, 0.1) is 13.8 Å². The molecule has 0 radical (unpaired) electrons. The molecule has 1 amide bonds. The average molecular weight is 355 g/mol. The van der Waals surface area contributed by atoms with Gasteiger partial charge in [-0.3, -0.25) is 4.79 Å². The Bertz CT molecular complexity index is 742. The van der Waals surface area contributed by atoms with Gasteiger partial charge in [-0.15, -0.1) is 0 Å². The van der Waals surface area contributed by atoms with Gasteiger partial charge in [0.25, 0.3) is 5.91 Å². The molecule has 26 heavy (non-hydrogen) atoms. The Kier molecular flexibility index (Phi) is 7.07. The molecule has 2 aromatic carbocycles. The molecule has 0 fully saturated rings. The van der Waals surface area contributed by atoms with E-state index in [1.54, 1.807) is 7.11 Å². The fraction of sp³-hybridized carbons (Fsp3) is 0.409. The maximum atomic E-state index is 12.8. The molecule has 0 aliphatic rings. The predicted octanol–water partition coefficient (Wildman–Crippen LogP) is 4.74. The summed E-state index contributed by atoms with van der Waals surface area (Å²) < 4.78 is 11.2. The van der Waals surface area contributed by atoms with Gasteiger partial charge in [-0.05, 0) is 61.6 Å². The van der Waals surface area contributed by atoms with Crippen molar-refractivity contribution in [1.29, 1.82) is 0 Å². The average Bonchev–Trinajstić information content (AvgIpc) is 2.64. The first-order valence-corrected chi connectivity index (χ1v) is 9.16. The number of aryl methyl sites for hydroxylation is 2. The van der Waals surface area contributed by atoms with Crippen LogP contribution in [0.25, 0.3) is 0 Å². The van der Waals surface area contributed by atoms with Crippen LogP contribution in [0.3, 0.4) is 0 Å². The largest absolute Gasteiger partial charge is 0.496 e. The summed E-state index contributed by atoms with van der Waals surface area (Å²) in [5.41, 5.74) is 3.24. The summed E-state index contributed by atoms with van der Waals surface area (Å²) >= 11 is 0. The first kappa shape index (κ1) is 19.8. The van der Waals surface area contributed by atoms with E-state index in [-0.39, 0.29) is 11.9 Å². The lowest BCUT2D eigenvalue weighted by Gasteiger charge is -2.23. The number of nitrogens with one attached hydrogen (secondary N) is 1. The number of benzene rings is 2. The first-order valence-electron chi connectivity index (χ1n) is 9.16. The second-order valence-corrected chi connectivity index (χ2v) is 6.53. The van der Waals surface area contributed by atoms with Gasteiger partial charge in [0.1, 0.15) is 11.5 Å². The molecular weight excluding hydrogens is 326 g/mol. The highest BCUT2D eigenvalue weighted by atomic mass is 16.5. The second-order valence-electron chi connectivity index (χ2n) is 6.53. The van der Waals surface area contributed by atoms with Gasteiger partial charge in [0, 0.05) is 0 Å². The highest BCUT2D eigenvalue weighted by Crippen LogP contribution is 2.24. The van der Waals surface area contributed by atoms with Gasteiger partial charge in [-0.25, -0.2) is 0 Å². The van der Waals surface area contributed by atoms with Gasteiger partial charge in [0.15, 0.2) is 6.10 Å². The van der Waals surface area contributed by atoms with E-state index >= 15 is 0 Å². The van der Waals surface area contributed by atoms with E-state index in [1.807, 2.05) is 57.2 Å². The molecule has 4 nitrogen and oxygen atoms in total. The van der Waals surface area contributed by atoms with E-state index in [9.17, 15) is 4.79 Å².